The predicted octanol–water partition coefficient (Wildman–Crippen LogP) is 7.04. The first-order chi connectivity index (χ1) is 20.1. The number of halogens is 3. The quantitative estimate of drug-likeness (QED) is 0.282. The fraction of sp³-hybridized carbons (Fsp3) is 0.303. The van der Waals surface area contributed by atoms with Gasteiger partial charge >= 0.3 is 12.1 Å². The van der Waals surface area contributed by atoms with Gasteiger partial charge in [0.15, 0.2) is 17.3 Å². The minimum absolute atomic E-state index is 0.0183. The Bertz CT molecular complexity index is 1540. The van der Waals surface area contributed by atoms with Crippen LogP contribution in [0.25, 0.3) is 0 Å². The molecule has 1 aliphatic heterocycles. The van der Waals surface area contributed by atoms with E-state index in [4.69, 9.17) is 19.2 Å². The van der Waals surface area contributed by atoms with E-state index in [9.17, 15) is 22.8 Å². The minimum atomic E-state index is -4.52. The number of allylic oxidation sites excluding steroid dienone is 2. The van der Waals surface area contributed by atoms with Crippen LogP contribution < -0.4 is 9.47 Å². The number of alkyl halides is 3. The van der Waals surface area contributed by atoms with E-state index in [1.165, 1.54) is 19.2 Å². The number of hydrogen-bond donors (Lipinski definition) is 0. The molecule has 5 rings (SSSR count). The fourth-order valence-corrected chi connectivity index (χ4v) is 5.77. The lowest BCUT2D eigenvalue weighted by atomic mass is 9.69. The number of Topliss-reactive ketones (excluding diaryl/α,β-unsaturated/α-hetero) is 1. The maximum absolute atomic E-state index is 13.8. The molecule has 42 heavy (non-hydrogen) atoms. The lowest BCUT2D eigenvalue weighted by Gasteiger charge is -2.36. The van der Waals surface area contributed by atoms with Gasteiger partial charge in [0.2, 0.25) is 0 Å². The molecule has 1 unspecified atom stereocenters. The van der Waals surface area contributed by atoms with E-state index in [1.54, 1.807) is 20.1 Å². The second-order valence-electron chi connectivity index (χ2n) is 10.4. The molecule has 0 N–H and O–H groups in total. The molecule has 0 radical (unpaired) electrons. The summed E-state index contributed by atoms with van der Waals surface area (Å²) in [6.07, 6.45) is -3.96. The van der Waals surface area contributed by atoms with E-state index in [0.29, 0.717) is 40.5 Å². The molecule has 0 aromatic heterocycles. The predicted molar refractivity (Wildman–Crippen MR) is 151 cm³/mol. The highest BCUT2D eigenvalue weighted by Crippen LogP contribution is 2.48. The average Bonchev–Trinajstić information content (AvgIpc) is 2.98. The van der Waals surface area contributed by atoms with Crippen molar-refractivity contribution < 1.29 is 37.0 Å². The van der Waals surface area contributed by atoms with Crippen molar-refractivity contribution in [2.24, 2.45) is 10.9 Å². The van der Waals surface area contributed by atoms with Gasteiger partial charge in [0.05, 0.1) is 19.8 Å². The van der Waals surface area contributed by atoms with Crippen molar-refractivity contribution in [1.82, 2.24) is 0 Å². The maximum atomic E-state index is 13.8. The number of ether oxygens (including phenoxy) is 3. The maximum Gasteiger partial charge on any atom is 0.416 e. The molecule has 1 heterocycles. The summed E-state index contributed by atoms with van der Waals surface area (Å²) in [7, 11) is 3.08. The van der Waals surface area contributed by atoms with Crippen LogP contribution in [0.15, 0.2) is 89.1 Å². The molecule has 1 aliphatic carbocycles. The van der Waals surface area contributed by atoms with Gasteiger partial charge in [-0.2, -0.15) is 13.2 Å². The van der Waals surface area contributed by atoms with E-state index < -0.39 is 29.5 Å². The van der Waals surface area contributed by atoms with Crippen LogP contribution in [0, 0.1) is 5.92 Å². The monoisotopic (exact) mass is 577 g/mol. The van der Waals surface area contributed by atoms with Gasteiger partial charge in [0.1, 0.15) is 12.5 Å². The SMILES string of the molecule is COc1ccc([C@@H]2CC(=O)C3=C(C2)N=C(C)C(C(=O)OCc2ccccc2)[C@H]3c2ccc(C(F)(F)F)cc2)cc1OC. The van der Waals surface area contributed by atoms with E-state index in [1.807, 2.05) is 42.5 Å². The Morgan fingerprint density at radius 2 is 1.57 bits per heavy atom. The Balaban J connectivity index is 1.52. The van der Waals surface area contributed by atoms with E-state index >= 15 is 0 Å². The summed E-state index contributed by atoms with van der Waals surface area (Å²) in [5, 5.41) is 0. The standard InChI is InChI=1S/C33H30F3NO5/c1-19-29(32(39)42-18-20-7-5-4-6-8-20)30(21-9-12-24(13-10-21)33(34,35)36)31-25(37-19)15-23(16-26(31)38)22-11-14-27(40-2)28(17-22)41-3/h4-14,17,23,29-30H,15-16,18H2,1-3H3/t23-,29?,30+/m0/s1. The molecule has 218 valence electrons. The molecule has 0 amide bonds. The number of carbonyl (C=O) groups is 2. The molecule has 3 aromatic rings. The molecule has 6 nitrogen and oxygen atoms in total. The first kappa shape index (κ1) is 29.1. The van der Waals surface area contributed by atoms with Gasteiger partial charge in [-0.25, -0.2) is 0 Å². The van der Waals surface area contributed by atoms with Crippen molar-refractivity contribution >= 4 is 17.5 Å². The number of benzene rings is 3. The Morgan fingerprint density at radius 3 is 2.21 bits per heavy atom. The van der Waals surface area contributed by atoms with Crippen molar-refractivity contribution in [3.05, 3.63) is 106 Å². The molecule has 3 aromatic carbocycles. The highest BCUT2D eigenvalue weighted by molar-refractivity contribution is 6.09. The number of rotatable bonds is 7. The van der Waals surface area contributed by atoms with Crippen LogP contribution in [0.2, 0.25) is 0 Å². The van der Waals surface area contributed by atoms with Crippen molar-refractivity contribution in [2.45, 2.75) is 44.4 Å². The number of hydrogen-bond acceptors (Lipinski definition) is 6. The van der Waals surface area contributed by atoms with Gasteiger partial charge in [0.25, 0.3) is 0 Å². The second-order valence-corrected chi connectivity index (χ2v) is 10.4. The summed E-state index contributed by atoms with van der Waals surface area (Å²) in [4.78, 5) is 32.1. The summed E-state index contributed by atoms with van der Waals surface area (Å²) in [5.74, 6) is -1.71. The van der Waals surface area contributed by atoms with Gasteiger partial charge in [-0.05, 0) is 60.2 Å². The van der Waals surface area contributed by atoms with Crippen LogP contribution in [0.3, 0.4) is 0 Å². The summed E-state index contributed by atoms with van der Waals surface area (Å²) >= 11 is 0. The molecular formula is C33H30F3NO5. The van der Waals surface area contributed by atoms with Crippen molar-refractivity contribution in [1.29, 1.82) is 0 Å². The van der Waals surface area contributed by atoms with Crippen LogP contribution in [0.5, 0.6) is 11.5 Å². The van der Waals surface area contributed by atoms with Crippen LogP contribution in [-0.2, 0) is 27.1 Å². The van der Waals surface area contributed by atoms with Crippen molar-refractivity contribution in [3.8, 4) is 11.5 Å². The molecule has 0 saturated carbocycles. The van der Waals surface area contributed by atoms with E-state index in [2.05, 4.69) is 0 Å². The fourth-order valence-electron chi connectivity index (χ4n) is 5.77. The summed E-state index contributed by atoms with van der Waals surface area (Å²) < 4.78 is 56.5. The smallest absolute Gasteiger partial charge is 0.416 e. The number of carbonyl (C=O) groups excluding carboxylic acids is 2. The third-order valence-corrected chi connectivity index (χ3v) is 7.84. The molecule has 0 bridgehead atoms. The van der Waals surface area contributed by atoms with Crippen LogP contribution in [0.4, 0.5) is 13.2 Å². The highest BCUT2D eigenvalue weighted by atomic mass is 19.4. The van der Waals surface area contributed by atoms with Gasteiger partial charge in [-0.15, -0.1) is 0 Å². The zero-order valence-corrected chi connectivity index (χ0v) is 23.4. The lowest BCUT2D eigenvalue weighted by Crippen LogP contribution is -2.38. The molecule has 0 saturated heterocycles. The average molecular weight is 578 g/mol. The zero-order chi connectivity index (χ0) is 30.0. The van der Waals surface area contributed by atoms with Gasteiger partial charge in [-0.1, -0.05) is 48.5 Å². The Kier molecular flexibility index (Phi) is 8.20. The number of nitrogens with zero attached hydrogens (tertiary/aromatic N) is 1. The summed E-state index contributed by atoms with van der Waals surface area (Å²) in [6, 6.07) is 19.3. The Labute approximate surface area is 241 Å². The van der Waals surface area contributed by atoms with Crippen LogP contribution in [-0.4, -0.2) is 31.7 Å². The third kappa shape index (κ3) is 5.82. The molecule has 9 heteroatoms. The highest BCUT2D eigenvalue weighted by Gasteiger charge is 2.45. The van der Waals surface area contributed by atoms with E-state index in [-0.39, 0.29) is 24.7 Å². The molecule has 0 fully saturated rings. The zero-order valence-electron chi connectivity index (χ0n) is 23.4. The van der Waals surface area contributed by atoms with E-state index in [0.717, 1.165) is 23.3 Å². The molecular weight excluding hydrogens is 547 g/mol. The Hall–Kier alpha value is -4.40. The number of aliphatic imine (C=N–C) groups is 1. The summed E-state index contributed by atoms with van der Waals surface area (Å²) in [5.41, 5.74) is 2.58. The van der Waals surface area contributed by atoms with Crippen molar-refractivity contribution in [2.75, 3.05) is 14.2 Å². The Morgan fingerprint density at radius 1 is 0.905 bits per heavy atom. The third-order valence-electron chi connectivity index (χ3n) is 7.84. The normalized spacial score (nSPS) is 20.5. The minimum Gasteiger partial charge on any atom is -0.493 e. The number of methoxy groups -OCH3 is 2. The number of esters is 1. The topological polar surface area (TPSA) is 74.2 Å². The second kappa shape index (κ2) is 11.8. The first-order valence-corrected chi connectivity index (χ1v) is 13.5. The van der Waals surface area contributed by atoms with Crippen LogP contribution >= 0.6 is 0 Å². The first-order valence-electron chi connectivity index (χ1n) is 13.5. The van der Waals surface area contributed by atoms with Gasteiger partial charge in [-0.3, -0.25) is 14.6 Å². The van der Waals surface area contributed by atoms with Crippen molar-refractivity contribution in [3.63, 3.8) is 0 Å². The van der Waals surface area contributed by atoms with Crippen LogP contribution in [0.1, 0.15) is 53.9 Å². The molecule has 3 atom stereocenters. The van der Waals surface area contributed by atoms with Gasteiger partial charge in [0, 0.05) is 29.3 Å². The summed E-state index contributed by atoms with van der Waals surface area (Å²) in [6.45, 7) is 1.71. The largest absolute Gasteiger partial charge is 0.493 e. The van der Waals surface area contributed by atoms with Gasteiger partial charge < -0.3 is 14.2 Å². The number of ketones is 1. The molecule has 2 aliphatic rings. The molecule has 0 spiro atoms. The lowest BCUT2D eigenvalue weighted by molar-refractivity contribution is -0.148.